The third-order valence-electron chi connectivity index (χ3n) is 4.44. The van der Waals surface area contributed by atoms with Crippen molar-refractivity contribution < 1.29 is 14.3 Å². The largest absolute Gasteiger partial charge is 0.466 e. The Morgan fingerprint density at radius 2 is 2.12 bits per heavy atom. The van der Waals surface area contributed by atoms with Crippen LogP contribution in [-0.2, 0) is 14.3 Å². The molecule has 1 aromatic heterocycles. The van der Waals surface area contributed by atoms with Gasteiger partial charge in [-0.3, -0.25) is 9.59 Å². The Morgan fingerprint density at radius 3 is 2.92 bits per heavy atom. The van der Waals surface area contributed by atoms with Crippen LogP contribution in [0, 0.1) is 5.92 Å². The van der Waals surface area contributed by atoms with Crippen LogP contribution in [0.5, 0.6) is 0 Å². The lowest BCUT2D eigenvalue weighted by Gasteiger charge is -2.17. The normalized spacial score (nSPS) is 17.0. The van der Waals surface area contributed by atoms with Gasteiger partial charge < -0.3 is 9.64 Å². The number of carbonyl (C=O) groups is 2. The van der Waals surface area contributed by atoms with Crippen LogP contribution in [0.4, 0.5) is 5.69 Å². The van der Waals surface area contributed by atoms with Gasteiger partial charge >= 0.3 is 5.97 Å². The molecule has 132 valence electrons. The highest BCUT2D eigenvalue weighted by Crippen LogP contribution is 2.33. The number of benzene rings is 2. The number of para-hydroxylation sites is 1. The van der Waals surface area contributed by atoms with Crippen LogP contribution in [0.1, 0.15) is 13.3 Å². The SMILES string of the molecule is CCOC(=O)C1CC(=O)N(c2cccc(-c3nc4ccccc4s3)c2)C1. The van der Waals surface area contributed by atoms with Crippen molar-refractivity contribution in [2.75, 3.05) is 18.1 Å². The van der Waals surface area contributed by atoms with Crippen molar-refractivity contribution in [1.29, 1.82) is 0 Å². The van der Waals surface area contributed by atoms with Crippen LogP contribution in [0.3, 0.4) is 0 Å². The summed E-state index contributed by atoms with van der Waals surface area (Å²) in [6.45, 7) is 2.46. The first-order chi connectivity index (χ1) is 12.7. The van der Waals surface area contributed by atoms with Crippen molar-refractivity contribution in [3.8, 4) is 10.6 Å². The number of aromatic nitrogens is 1. The number of fused-ring (bicyclic) bond motifs is 1. The van der Waals surface area contributed by atoms with Gasteiger partial charge in [0, 0.05) is 24.2 Å². The highest BCUT2D eigenvalue weighted by atomic mass is 32.1. The van der Waals surface area contributed by atoms with E-state index in [1.165, 1.54) is 0 Å². The molecule has 0 spiro atoms. The predicted molar refractivity (Wildman–Crippen MR) is 102 cm³/mol. The van der Waals surface area contributed by atoms with Gasteiger partial charge in [-0.15, -0.1) is 11.3 Å². The van der Waals surface area contributed by atoms with Crippen molar-refractivity contribution in [1.82, 2.24) is 4.98 Å². The van der Waals surface area contributed by atoms with Crippen molar-refractivity contribution in [2.45, 2.75) is 13.3 Å². The Hall–Kier alpha value is -2.73. The Balaban J connectivity index is 1.61. The van der Waals surface area contributed by atoms with E-state index in [4.69, 9.17) is 4.74 Å². The number of anilines is 1. The number of hydrogen-bond donors (Lipinski definition) is 0. The van der Waals surface area contributed by atoms with Gasteiger partial charge in [0.05, 0.1) is 22.7 Å². The lowest BCUT2D eigenvalue weighted by molar-refractivity contribution is -0.147. The minimum Gasteiger partial charge on any atom is -0.466 e. The molecule has 0 bridgehead atoms. The minimum absolute atomic E-state index is 0.0514. The maximum atomic E-state index is 12.4. The van der Waals surface area contributed by atoms with E-state index in [0.29, 0.717) is 13.2 Å². The van der Waals surface area contributed by atoms with Crippen molar-refractivity contribution in [2.24, 2.45) is 5.92 Å². The van der Waals surface area contributed by atoms with E-state index < -0.39 is 5.92 Å². The molecule has 2 aromatic carbocycles. The summed E-state index contributed by atoms with van der Waals surface area (Å²) in [6.07, 6.45) is 0.199. The first-order valence-electron chi connectivity index (χ1n) is 8.58. The van der Waals surface area contributed by atoms with E-state index in [1.54, 1.807) is 23.2 Å². The van der Waals surface area contributed by atoms with Crippen LogP contribution in [0.2, 0.25) is 0 Å². The van der Waals surface area contributed by atoms with Gasteiger partial charge in [0.2, 0.25) is 5.91 Å². The van der Waals surface area contributed by atoms with Gasteiger partial charge in [-0.1, -0.05) is 24.3 Å². The second-order valence-electron chi connectivity index (χ2n) is 6.19. The fourth-order valence-electron chi connectivity index (χ4n) is 3.18. The summed E-state index contributed by atoms with van der Waals surface area (Å²) < 4.78 is 6.19. The van der Waals surface area contributed by atoms with E-state index in [1.807, 2.05) is 48.5 Å². The quantitative estimate of drug-likeness (QED) is 0.658. The zero-order chi connectivity index (χ0) is 18.1. The van der Waals surface area contributed by atoms with Crippen molar-refractivity contribution in [3.63, 3.8) is 0 Å². The number of carbonyl (C=O) groups excluding carboxylic acids is 2. The summed E-state index contributed by atoms with van der Waals surface area (Å²) in [6, 6.07) is 15.8. The van der Waals surface area contributed by atoms with Crippen molar-refractivity contribution in [3.05, 3.63) is 48.5 Å². The van der Waals surface area contributed by atoms with Crippen LogP contribution in [-0.4, -0.2) is 30.0 Å². The topological polar surface area (TPSA) is 59.5 Å². The number of hydrogen-bond acceptors (Lipinski definition) is 5. The number of esters is 1. The van der Waals surface area contributed by atoms with E-state index in [9.17, 15) is 9.59 Å². The molecule has 1 fully saturated rings. The molecule has 0 radical (unpaired) electrons. The molecule has 0 N–H and O–H groups in total. The Kier molecular flexibility index (Phi) is 4.42. The second-order valence-corrected chi connectivity index (χ2v) is 7.23. The third-order valence-corrected chi connectivity index (χ3v) is 5.53. The molecule has 1 aliphatic rings. The van der Waals surface area contributed by atoms with Crippen molar-refractivity contribution >= 4 is 39.1 Å². The number of ether oxygens (including phenoxy) is 1. The number of amides is 1. The lowest BCUT2D eigenvalue weighted by atomic mass is 10.1. The molecule has 1 unspecified atom stereocenters. The summed E-state index contributed by atoms with van der Waals surface area (Å²) in [4.78, 5) is 30.7. The second kappa shape index (κ2) is 6.88. The van der Waals surface area contributed by atoms with Crippen LogP contribution in [0.25, 0.3) is 20.8 Å². The predicted octanol–water partition coefficient (Wildman–Crippen LogP) is 3.88. The minimum atomic E-state index is -0.395. The molecule has 6 heteroatoms. The van der Waals surface area contributed by atoms with Gasteiger partial charge in [0.15, 0.2) is 0 Å². The summed E-state index contributed by atoms with van der Waals surface area (Å²) in [5.41, 5.74) is 2.73. The third kappa shape index (κ3) is 3.08. The molecule has 1 amide bonds. The molecular formula is C20H18N2O3S. The number of rotatable bonds is 4. The van der Waals surface area contributed by atoms with E-state index in [0.717, 1.165) is 26.5 Å². The van der Waals surface area contributed by atoms with E-state index in [2.05, 4.69) is 4.98 Å². The average molecular weight is 366 g/mol. The molecule has 26 heavy (non-hydrogen) atoms. The zero-order valence-electron chi connectivity index (χ0n) is 14.3. The maximum Gasteiger partial charge on any atom is 0.311 e. The van der Waals surface area contributed by atoms with E-state index in [-0.39, 0.29) is 18.3 Å². The molecular weight excluding hydrogens is 348 g/mol. The molecule has 4 rings (SSSR count). The highest BCUT2D eigenvalue weighted by molar-refractivity contribution is 7.21. The fourth-order valence-corrected chi connectivity index (χ4v) is 4.14. The molecule has 0 saturated carbocycles. The van der Waals surface area contributed by atoms with Gasteiger partial charge in [-0.05, 0) is 31.2 Å². The van der Waals surface area contributed by atoms with Crippen LogP contribution >= 0.6 is 11.3 Å². The molecule has 2 heterocycles. The summed E-state index contributed by atoms with van der Waals surface area (Å²) >= 11 is 1.63. The van der Waals surface area contributed by atoms with Crippen LogP contribution in [0.15, 0.2) is 48.5 Å². The maximum absolute atomic E-state index is 12.4. The molecule has 1 saturated heterocycles. The molecule has 1 aliphatic heterocycles. The summed E-state index contributed by atoms with van der Waals surface area (Å²) in [5, 5.41) is 0.918. The lowest BCUT2D eigenvalue weighted by Crippen LogP contribution is -2.26. The molecule has 1 atom stereocenters. The van der Waals surface area contributed by atoms with Gasteiger partial charge in [0.1, 0.15) is 5.01 Å². The Morgan fingerprint density at radius 1 is 1.27 bits per heavy atom. The van der Waals surface area contributed by atoms with Gasteiger partial charge in [0.25, 0.3) is 0 Å². The Bertz CT molecular complexity index is 949. The Labute approximate surface area is 155 Å². The first kappa shape index (κ1) is 16.7. The van der Waals surface area contributed by atoms with Gasteiger partial charge in [-0.25, -0.2) is 4.98 Å². The zero-order valence-corrected chi connectivity index (χ0v) is 15.2. The number of nitrogens with zero attached hydrogens (tertiary/aromatic N) is 2. The molecule has 5 nitrogen and oxygen atoms in total. The molecule has 0 aliphatic carbocycles. The smallest absolute Gasteiger partial charge is 0.311 e. The number of thiazole rings is 1. The first-order valence-corrected chi connectivity index (χ1v) is 9.40. The van der Waals surface area contributed by atoms with Gasteiger partial charge in [-0.2, -0.15) is 0 Å². The van der Waals surface area contributed by atoms with E-state index >= 15 is 0 Å². The highest BCUT2D eigenvalue weighted by Gasteiger charge is 2.36. The standard InChI is InChI=1S/C20H18N2O3S/c1-2-25-20(24)14-11-18(23)22(12-14)15-7-5-6-13(10-15)19-21-16-8-3-4-9-17(16)26-19/h3-10,14H,2,11-12H2,1H3. The summed E-state index contributed by atoms with van der Waals surface area (Å²) in [5.74, 6) is -0.747. The monoisotopic (exact) mass is 366 g/mol. The molecule has 3 aromatic rings. The van der Waals surface area contributed by atoms with Crippen LogP contribution < -0.4 is 4.90 Å². The average Bonchev–Trinajstić information content (AvgIpc) is 3.25. The summed E-state index contributed by atoms with van der Waals surface area (Å²) in [7, 11) is 0. The fraction of sp³-hybridized carbons (Fsp3) is 0.250.